The lowest BCUT2D eigenvalue weighted by Crippen LogP contribution is -2.33. The highest BCUT2D eigenvalue weighted by Crippen LogP contribution is 2.23. The summed E-state index contributed by atoms with van der Waals surface area (Å²) in [7, 11) is 0. The Morgan fingerprint density at radius 2 is 1.63 bits per heavy atom. The first-order valence-electron chi connectivity index (χ1n) is 10.5. The van der Waals surface area contributed by atoms with Gasteiger partial charge in [-0.1, -0.05) is 55.3 Å². The number of aryl methyl sites for hydroxylation is 1. The molecular weight excluding hydrogens is 376 g/mol. The average Bonchev–Trinajstić information content (AvgIpc) is 3.45. The van der Waals surface area contributed by atoms with Crippen LogP contribution in [0.25, 0.3) is 11.3 Å². The van der Waals surface area contributed by atoms with E-state index in [2.05, 4.69) is 10.6 Å². The van der Waals surface area contributed by atoms with Gasteiger partial charge in [-0.2, -0.15) is 0 Å². The first-order chi connectivity index (χ1) is 14.7. The van der Waals surface area contributed by atoms with Crippen LogP contribution >= 0.6 is 0 Å². The van der Waals surface area contributed by atoms with E-state index in [4.69, 9.17) is 4.42 Å². The van der Waals surface area contributed by atoms with Crippen molar-refractivity contribution in [3.05, 3.63) is 78.1 Å². The second-order valence-electron chi connectivity index (χ2n) is 7.68. The summed E-state index contributed by atoms with van der Waals surface area (Å²) in [5.41, 5.74) is 2.06. The SMILES string of the molecule is O=C(CCc1ccc(-c2ccccc2)o1)Nc1ccccc1C(=O)NC1CCCC1. The van der Waals surface area contributed by atoms with E-state index in [1.807, 2.05) is 54.6 Å². The van der Waals surface area contributed by atoms with Crippen LogP contribution in [0.4, 0.5) is 5.69 Å². The molecule has 2 amide bonds. The Bertz CT molecular complexity index is 1000. The third-order valence-corrected chi connectivity index (χ3v) is 5.45. The molecule has 30 heavy (non-hydrogen) atoms. The molecule has 4 rings (SSSR count). The van der Waals surface area contributed by atoms with E-state index in [0.717, 1.165) is 42.8 Å². The highest BCUT2D eigenvalue weighted by Gasteiger charge is 2.20. The number of benzene rings is 2. The smallest absolute Gasteiger partial charge is 0.253 e. The van der Waals surface area contributed by atoms with Gasteiger partial charge in [0.2, 0.25) is 5.91 Å². The molecule has 0 spiro atoms. The van der Waals surface area contributed by atoms with E-state index in [9.17, 15) is 9.59 Å². The lowest BCUT2D eigenvalue weighted by Gasteiger charge is -2.15. The van der Waals surface area contributed by atoms with E-state index in [1.165, 1.54) is 0 Å². The second-order valence-corrected chi connectivity index (χ2v) is 7.68. The Morgan fingerprint density at radius 1 is 0.900 bits per heavy atom. The zero-order chi connectivity index (χ0) is 20.8. The van der Waals surface area contributed by atoms with Gasteiger partial charge in [0.1, 0.15) is 11.5 Å². The zero-order valence-corrected chi connectivity index (χ0v) is 16.9. The third kappa shape index (κ3) is 4.98. The van der Waals surface area contributed by atoms with Crippen LogP contribution in [-0.2, 0) is 11.2 Å². The Hall–Kier alpha value is -3.34. The largest absolute Gasteiger partial charge is 0.461 e. The Kier molecular flexibility index (Phi) is 6.28. The van der Waals surface area contributed by atoms with Crippen molar-refractivity contribution in [2.24, 2.45) is 0 Å². The van der Waals surface area contributed by atoms with E-state index >= 15 is 0 Å². The van der Waals surface area contributed by atoms with Crippen LogP contribution in [0.15, 0.2) is 71.1 Å². The van der Waals surface area contributed by atoms with Crippen molar-refractivity contribution >= 4 is 17.5 Å². The minimum atomic E-state index is -0.145. The first-order valence-corrected chi connectivity index (χ1v) is 10.5. The summed E-state index contributed by atoms with van der Waals surface area (Å²) >= 11 is 0. The molecule has 0 bridgehead atoms. The van der Waals surface area contributed by atoms with Gasteiger partial charge in [-0.25, -0.2) is 0 Å². The Labute approximate surface area is 176 Å². The van der Waals surface area contributed by atoms with E-state index in [0.29, 0.717) is 17.7 Å². The van der Waals surface area contributed by atoms with Crippen LogP contribution in [0.2, 0.25) is 0 Å². The molecule has 1 aromatic heterocycles. The quantitative estimate of drug-likeness (QED) is 0.571. The standard InChI is InChI=1S/C25H26N2O3/c28-24(17-15-20-14-16-23(30-20)18-8-2-1-3-9-18)27-22-13-7-6-12-21(22)25(29)26-19-10-4-5-11-19/h1-3,6-9,12-14,16,19H,4-5,10-11,15,17H2,(H,26,29)(H,27,28). The molecule has 0 radical (unpaired) electrons. The molecule has 1 saturated carbocycles. The van der Waals surface area contributed by atoms with Gasteiger partial charge >= 0.3 is 0 Å². The summed E-state index contributed by atoms with van der Waals surface area (Å²) in [6, 6.07) is 21.1. The molecule has 154 valence electrons. The van der Waals surface area contributed by atoms with Gasteiger partial charge < -0.3 is 15.1 Å². The fraction of sp³-hybridized carbons (Fsp3) is 0.280. The van der Waals surface area contributed by atoms with Gasteiger partial charge in [-0.3, -0.25) is 9.59 Å². The van der Waals surface area contributed by atoms with Gasteiger partial charge in [0.25, 0.3) is 5.91 Å². The number of anilines is 1. The van der Waals surface area contributed by atoms with Crippen LogP contribution < -0.4 is 10.6 Å². The minimum absolute atomic E-state index is 0.128. The van der Waals surface area contributed by atoms with Crippen molar-refractivity contribution in [3.8, 4) is 11.3 Å². The fourth-order valence-electron chi connectivity index (χ4n) is 3.84. The van der Waals surface area contributed by atoms with Gasteiger partial charge in [0.15, 0.2) is 0 Å². The Morgan fingerprint density at radius 3 is 2.43 bits per heavy atom. The van der Waals surface area contributed by atoms with Crippen molar-refractivity contribution in [1.29, 1.82) is 0 Å². The van der Waals surface area contributed by atoms with E-state index < -0.39 is 0 Å². The van der Waals surface area contributed by atoms with Crippen LogP contribution in [0.3, 0.4) is 0 Å². The minimum Gasteiger partial charge on any atom is -0.461 e. The predicted molar refractivity (Wildman–Crippen MR) is 117 cm³/mol. The van der Waals surface area contributed by atoms with Crippen molar-refractivity contribution in [1.82, 2.24) is 5.32 Å². The molecule has 0 aliphatic heterocycles. The van der Waals surface area contributed by atoms with E-state index in [-0.39, 0.29) is 24.3 Å². The molecule has 1 fully saturated rings. The van der Waals surface area contributed by atoms with Gasteiger partial charge in [-0.05, 0) is 37.1 Å². The average molecular weight is 402 g/mol. The monoisotopic (exact) mass is 402 g/mol. The van der Waals surface area contributed by atoms with E-state index in [1.54, 1.807) is 12.1 Å². The third-order valence-electron chi connectivity index (χ3n) is 5.45. The van der Waals surface area contributed by atoms with Crippen molar-refractivity contribution in [2.45, 2.75) is 44.6 Å². The van der Waals surface area contributed by atoms with Gasteiger partial charge in [0.05, 0.1) is 11.3 Å². The van der Waals surface area contributed by atoms with Gasteiger partial charge in [0, 0.05) is 24.4 Å². The predicted octanol–water partition coefficient (Wildman–Crippen LogP) is 5.19. The highest BCUT2D eigenvalue weighted by atomic mass is 16.3. The molecular formula is C25H26N2O3. The van der Waals surface area contributed by atoms with Crippen LogP contribution in [-0.4, -0.2) is 17.9 Å². The molecule has 2 aromatic carbocycles. The Balaban J connectivity index is 1.34. The number of furan rings is 1. The molecule has 3 aromatic rings. The summed E-state index contributed by atoms with van der Waals surface area (Å²) in [6.45, 7) is 0. The number of para-hydroxylation sites is 1. The number of nitrogens with one attached hydrogen (secondary N) is 2. The van der Waals surface area contributed by atoms with Crippen LogP contribution in [0.5, 0.6) is 0 Å². The lowest BCUT2D eigenvalue weighted by molar-refractivity contribution is -0.116. The fourth-order valence-corrected chi connectivity index (χ4v) is 3.84. The number of carbonyl (C=O) groups excluding carboxylic acids is 2. The maximum absolute atomic E-state index is 12.6. The number of hydrogen-bond acceptors (Lipinski definition) is 3. The molecule has 0 unspecified atom stereocenters. The number of amides is 2. The van der Waals surface area contributed by atoms with Gasteiger partial charge in [-0.15, -0.1) is 0 Å². The molecule has 0 atom stereocenters. The van der Waals surface area contributed by atoms with Crippen molar-refractivity contribution < 1.29 is 14.0 Å². The first kappa shape index (κ1) is 20.0. The molecule has 2 N–H and O–H groups in total. The molecule has 1 aliphatic carbocycles. The number of carbonyl (C=O) groups is 2. The van der Waals surface area contributed by atoms with Crippen LogP contribution in [0, 0.1) is 0 Å². The number of hydrogen-bond donors (Lipinski definition) is 2. The summed E-state index contributed by atoms with van der Waals surface area (Å²) in [5.74, 6) is 1.28. The summed E-state index contributed by atoms with van der Waals surface area (Å²) in [6.07, 6.45) is 5.13. The maximum atomic E-state index is 12.6. The van der Waals surface area contributed by atoms with Crippen LogP contribution in [0.1, 0.15) is 48.2 Å². The maximum Gasteiger partial charge on any atom is 0.253 e. The van der Waals surface area contributed by atoms with Crippen molar-refractivity contribution in [2.75, 3.05) is 5.32 Å². The lowest BCUT2D eigenvalue weighted by atomic mass is 10.1. The molecule has 5 heteroatoms. The topological polar surface area (TPSA) is 71.3 Å². The second kappa shape index (κ2) is 9.44. The zero-order valence-electron chi connectivity index (χ0n) is 16.9. The summed E-state index contributed by atoms with van der Waals surface area (Å²) in [4.78, 5) is 25.1. The summed E-state index contributed by atoms with van der Waals surface area (Å²) in [5, 5.41) is 5.96. The molecule has 1 heterocycles. The highest BCUT2D eigenvalue weighted by molar-refractivity contribution is 6.03. The summed E-state index contributed by atoms with van der Waals surface area (Å²) < 4.78 is 5.86. The number of rotatable bonds is 7. The van der Waals surface area contributed by atoms with Crippen molar-refractivity contribution in [3.63, 3.8) is 0 Å². The molecule has 1 aliphatic rings. The molecule has 5 nitrogen and oxygen atoms in total. The molecule has 0 saturated heterocycles. The normalized spacial score (nSPS) is 13.9.